The highest BCUT2D eigenvalue weighted by Gasteiger charge is 2.55. The molecule has 3 heterocycles. The van der Waals surface area contributed by atoms with E-state index in [9.17, 15) is 4.79 Å². The molecule has 5 unspecified atom stereocenters. The average Bonchev–Trinajstić information content (AvgIpc) is 3.14. The van der Waals surface area contributed by atoms with Gasteiger partial charge < -0.3 is 14.2 Å². The Labute approximate surface area is 107 Å². The van der Waals surface area contributed by atoms with E-state index in [1.54, 1.807) is 0 Å². The largest absolute Gasteiger partial charge is 0.463 e. The first-order valence-electron chi connectivity index (χ1n) is 7.26. The molecule has 4 heteroatoms. The highest BCUT2D eigenvalue weighted by atomic mass is 16.6. The Kier molecular flexibility index (Phi) is 2.46. The van der Waals surface area contributed by atoms with Crippen LogP contribution in [-0.2, 0) is 19.0 Å². The van der Waals surface area contributed by atoms with Crippen molar-refractivity contribution in [1.82, 2.24) is 0 Å². The van der Waals surface area contributed by atoms with Gasteiger partial charge in [-0.2, -0.15) is 0 Å². The van der Waals surface area contributed by atoms with E-state index in [2.05, 4.69) is 0 Å². The van der Waals surface area contributed by atoms with Crippen molar-refractivity contribution in [3.63, 3.8) is 0 Å². The Balaban J connectivity index is 1.28. The van der Waals surface area contributed by atoms with Crippen LogP contribution in [0.1, 0.15) is 44.9 Å². The fraction of sp³-hybridized carbons (Fsp3) is 0.929. The maximum atomic E-state index is 12.1. The van der Waals surface area contributed by atoms with Crippen LogP contribution in [0.5, 0.6) is 0 Å². The molecule has 0 aromatic heterocycles. The van der Waals surface area contributed by atoms with Gasteiger partial charge in [-0.25, -0.2) is 4.79 Å². The zero-order valence-corrected chi connectivity index (χ0v) is 10.6. The van der Waals surface area contributed by atoms with Crippen molar-refractivity contribution in [2.75, 3.05) is 6.61 Å². The Morgan fingerprint density at radius 1 is 1.28 bits per heavy atom. The first-order chi connectivity index (χ1) is 8.75. The van der Waals surface area contributed by atoms with Crippen molar-refractivity contribution in [3.05, 3.63) is 0 Å². The van der Waals surface area contributed by atoms with Gasteiger partial charge in [0.15, 0.2) is 5.60 Å². The van der Waals surface area contributed by atoms with E-state index in [4.69, 9.17) is 14.2 Å². The van der Waals surface area contributed by atoms with Gasteiger partial charge in [-0.3, -0.25) is 0 Å². The molecule has 5 fully saturated rings. The van der Waals surface area contributed by atoms with Crippen molar-refractivity contribution >= 4 is 5.97 Å². The molecule has 0 amide bonds. The van der Waals surface area contributed by atoms with Gasteiger partial charge in [-0.15, -0.1) is 0 Å². The van der Waals surface area contributed by atoms with Crippen LogP contribution in [0.15, 0.2) is 0 Å². The van der Waals surface area contributed by atoms with Gasteiger partial charge in [0.2, 0.25) is 0 Å². The summed E-state index contributed by atoms with van der Waals surface area (Å²) in [5.74, 6) is 0.380. The van der Waals surface area contributed by atoms with E-state index < -0.39 is 5.60 Å². The Morgan fingerprint density at radius 3 is 2.89 bits per heavy atom. The molecule has 0 aromatic rings. The summed E-state index contributed by atoms with van der Waals surface area (Å²) in [6, 6.07) is 0. The van der Waals surface area contributed by atoms with Crippen molar-refractivity contribution in [1.29, 1.82) is 0 Å². The summed E-state index contributed by atoms with van der Waals surface area (Å²) >= 11 is 0. The number of fused-ring (bicyclic) bond motifs is 3. The number of esters is 1. The van der Waals surface area contributed by atoms with E-state index in [0.29, 0.717) is 30.8 Å². The number of rotatable bonds is 3. The highest BCUT2D eigenvalue weighted by Crippen LogP contribution is 2.45. The third-order valence-electron chi connectivity index (χ3n) is 4.99. The second-order valence-corrected chi connectivity index (χ2v) is 6.32. The molecule has 0 aromatic carbocycles. The van der Waals surface area contributed by atoms with Crippen molar-refractivity contribution in [3.8, 4) is 0 Å². The summed E-state index contributed by atoms with van der Waals surface area (Å²) in [6.07, 6.45) is 8.56. The number of ether oxygens (including phenoxy) is 3. The van der Waals surface area contributed by atoms with Crippen molar-refractivity contribution in [2.24, 2.45) is 5.92 Å². The maximum Gasteiger partial charge on any atom is 0.338 e. The van der Waals surface area contributed by atoms with Crippen LogP contribution < -0.4 is 0 Å². The molecule has 0 radical (unpaired) electrons. The Hall–Kier alpha value is -0.610. The Bertz CT molecular complexity index is 355. The second-order valence-electron chi connectivity index (χ2n) is 6.32. The zero-order valence-electron chi connectivity index (χ0n) is 10.6. The molecule has 5 aliphatic rings. The van der Waals surface area contributed by atoms with Gasteiger partial charge in [0.25, 0.3) is 0 Å². The maximum absolute atomic E-state index is 12.1. The molecule has 0 N–H and O–H groups in total. The lowest BCUT2D eigenvalue weighted by molar-refractivity contribution is -0.246. The zero-order chi connectivity index (χ0) is 12.2. The summed E-state index contributed by atoms with van der Waals surface area (Å²) in [7, 11) is 0. The minimum Gasteiger partial charge on any atom is -0.463 e. The highest BCUT2D eigenvalue weighted by molar-refractivity contribution is 5.81. The lowest BCUT2D eigenvalue weighted by atomic mass is 9.77. The molecule has 2 bridgehead atoms. The van der Waals surface area contributed by atoms with Gasteiger partial charge in [-0.1, -0.05) is 0 Å². The quantitative estimate of drug-likeness (QED) is 0.567. The smallest absolute Gasteiger partial charge is 0.338 e. The number of carbonyl (C=O) groups excluding carboxylic acids is 1. The van der Waals surface area contributed by atoms with E-state index in [0.717, 1.165) is 44.9 Å². The van der Waals surface area contributed by atoms with Crippen LogP contribution in [0, 0.1) is 5.92 Å². The molecule has 3 saturated heterocycles. The van der Waals surface area contributed by atoms with E-state index in [1.165, 1.54) is 0 Å². The van der Waals surface area contributed by atoms with Crippen molar-refractivity contribution < 1.29 is 19.0 Å². The van der Waals surface area contributed by atoms with E-state index in [-0.39, 0.29) is 5.97 Å². The fourth-order valence-corrected chi connectivity index (χ4v) is 3.81. The van der Waals surface area contributed by atoms with Crippen LogP contribution in [0.25, 0.3) is 0 Å². The predicted molar refractivity (Wildman–Crippen MR) is 63.0 cm³/mol. The van der Waals surface area contributed by atoms with Gasteiger partial charge >= 0.3 is 5.97 Å². The average molecular weight is 252 g/mol. The molecular formula is C14H20O4. The molecule has 5 rings (SSSR count). The normalized spacial score (nSPS) is 48.9. The molecule has 3 aliphatic heterocycles. The van der Waals surface area contributed by atoms with Gasteiger partial charge in [-0.05, 0) is 44.4 Å². The number of hydrogen-bond donors (Lipinski definition) is 0. The van der Waals surface area contributed by atoms with Crippen LogP contribution in [0.2, 0.25) is 0 Å². The summed E-state index contributed by atoms with van der Waals surface area (Å²) < 4.78 is 16.7. The molecule has 2 saturated carbocycles. The lowest BCUT2D eigenvalue weighted by Gasteiger charge is -2.50. The van der Waals surface area contributed by atoms with Crippen molar-refractivity contribution in [2.45, 2.75) is 68.9 Å². The van der Waals surface area contributed by atoms with Crippen LogP contribution >= 0.6 is 0 Å². The summed E-state index contributed by atoms with van der Waals surface area (Å²) in [5.41, 5.74) is -0.559. The third-order valence-corrected chi connectivity index (χ3v) is 4.99. The number of epoxide rings is 1. The molecule has 5 atom stereocenters. The first kappa shape index (κ1) is 11.2. The summed E-state index contributed by atoms with van der Waals surface area (Å²) in [4.78, 5) is 12.1. The summed E-state index contributed by atoms with van der Waals surface area (Å²) in [6.45, 7) is 0.557. The second kappa shape index (κ2) is 3.94. The molecule has 18 heavy (non-hydrogen) atoms. The first-order valence-corrected chi connectivity index (χ1v) is 7.26. The van der Waals surface area contributed by atoms with Crippen LogP contribution in [0.4, 0.5) is 0 Å². The molecule has 0 spiro atoms. The van der Waals surface area contributed by atoms with Gasteiger partial charge in [0.1, 0.15) is 0 Å². The predicted octanol–water partition coefficient (Wildman–Crippen LogP) is 1.81. The van der Waals surface area contributed by atoms with Crippen LogP contribution in [0.3, 0.4) is 0 Å². The Morgan fingerprint density at radius 2 is 2.17 bits per heavy atom. The van der Waals surface area contributed by atoms with Gasteiger partial charge in [0.05, 0.1) is 24.9 Å². The van der Waals surface area contributed by atoms with E-state index >= 15 is 0 Å². The molecular weight excluding hydrogens is 232 g/mol. The number of carbonyl (C=O) groups is 1. The minimum atomic E-state index is -0.559. The molecule has 4 nitrogen and oxygen atoms in total. The lowest BCUT2D eigenvalue weighted by Crippen LogP contribution is -2.59. The number of hydrogen-bond acceptors (Lipinski definition) is 4. The summed E-state index contributed by atoms with van der Waals surface area (Å²) in [5, 5.41) is 0. The van der Waals surface area contributed by atoms with E-state index in [1.807, 2.05) is 0 Å². The molecule has 100 valence electrons. The molecule has 2 aliphatic carbocycles. The third kappa shape index (κ3) is 1.77. The van der Waals surface area contributed by atoms with Gasteiger partial charge in [0, 0.05) is 6.42 Å². The monoisotopic (exact) mass is 252 g/mol. The topological polar surface area (TPSA) is 48.1 Å². The minimum absolute atomic E-state index is 0.114. The fourth-order valence-electron chi connectivity index (χ4n) is 3.81. The SMILES string of the molecule is O=C(OCC1CCC2OC2C1)C12CCCC(C1)O2. The standard InChI is InChI=1S/C14H20O4/c15-13(14-5-1-2-10(7-14)18-14)16-8-9-3-4-11-12(6-9)17-11/h9-12H,1-8H2. The van der Waals surface area contributed by atoms with Crippen LogP contribution in [-0.4, -0.2) is 36.5 Å².